The highest BCUT2D eigenvalue weighted by Gasteiger charge is 2.17. The first kappa shape index (κ1) is 11.7. The third kappa shape index (κ3) is 1.96. The highest BCUT2D eigenvalue weighted by atomic mass is 19.1. The van der Waals surface area contributed by atoms with E-state index in [1.165, 1.54) is 12.1 Å². The summed E-state index contributed by atoms with van der Waals surface area (Å²) in [6, 6.07) is 13.4. The predicted molar refractivity (Wildman–Crippen MR) is 72.4 cm³/mol. The van der Waals surface area contributed by atoms with E-state index in [0.717, 1.165) is 16.6 Å². The van der Waals surface area contributed by atoms with Gasteiger partial charge < -0.3 is 15.8 Å². The van der Waals surface area contributed by atoms with Crippen LogP contribution in [0.3, 0.4) is 0 Å². The first-order valence-corrected chi connectivity index (χ1v) is 5.97. The van der Waals surface area contributed by atoms with Gasteiger partial charge in [0.2, 0.25) is 0 Å². The summed E-state index contributed by atoms with van der Waals surface area (Å²) < 4.78 is 13.3. The lowest BCUT2D eigenvalue weighted by Crippen LogP contribution is -2.12. The summed E-state index contributed by atoms with van der Waals surface area (Å²) in [6.07, 6.45) is 0. The summed E-state index contributed by atoms with van der Waals surface area (Å²) in [4.78, 5) is 3.18. The Morgan fingerprint density at radius 1 is 1.11 bits per heavy atom. The highest BCUT2D eigenvalue weighted by Crippen LogP contribution is 2.30. The summed E-state index contributed by atoms with van der Waals surface area (Å²) in [5, 5.41) is 10.8. The molecule has 3 aromatic rings. The van der Waals surface area contributed by atoms with E-state index in [1.54, 1.807) is 6.07 Å². The third-order valence-corrected chi connectivity index (χ3v) is 3.24. The number of fused-ring (bicyclic) bond motifs is 1. The molecule has 19 heavy (non-hydrogen) atoms. The number of para-hydroxylation sites is 2. The number of phenols is 1. The molecular formula is C15H13FN2O. The summed E-state index contributed by atoms with van der Waals surface area (Å²) in [7, 11) is 0. The van der Waals surface area contributed by atoms with Gasteiger partial charge in [0.25, 0.3) is 0 Å². The Morgan fingerprint density at radius 2 is 1.89 bits per heavy atom. The maximum absolute atomic E-state index is 13.3. The lowest BCUT2D eigenvalue weighted by Gasteiger charge is -2.12. The zero-order chi connectivity index (χ0) is 13.4. The minimum atomic E-state index is -0.663. The minimum Gasteiger partial charge on any atom is -0.505 e. The fraction of sp³-hybridized carbons (Fsp3) is 0.0667. The molecule has 1 atom stereocenters. The summed E-state index contributed by atoms with van der Waals surface area (Å²) in [5.41, 5.74) is 8.16. The Hall–Kier alpha value is -2.33. The second-order valence-corrected chi connectivity index (χ2v) is 4.47. The van der Waals surface area contributed by atoms with Crippen molar-refractivity contribution in [2.24, 2.45) is 5.73 Å². The molecular weight excluding hydrogens is 243 g/mol. The Bertz CT molecular complexity index is 703. The monoisotopic (exact) mass is 256 g/mol. The predicted octanol–water partition coefficient (Wildman–Crippen LogP) is 3.06. The van der Waals surface area contributed by atoms with Gasteiger partial charge >= 0.3 is 0 Å². The van der Waals surface area contributed by atoms with E-state index < -0.39 is 17.6 Å². The molecule has 1 unspecified atom stereocenters. The lowest BCUT2D eigenvalue weighted by atomic mass is 10.0. The van der Waals surface area contributed by atoms with Gasteiger partial charge in [0.1, 0.15) is 0 Å². The molecule has 0 radical (unpaired) electrons. The van der Waals surface area contributed by atoms with E-state index in [2.05, 4.69) is 4.98 Å². The van der Waals surface area contributed by atoms with Crippen molar-refractivity contribution in [3.8, 4) is 5.75 Å². The Labute approximate surface area is 109 Å². The number of aromatic nitrogens is 1. The zero-order valence-corrected chi connectivity index (χ0v) is 10.1. The Morgan fingerprint density at radius 3 is 2.68 bits per heavy atom. The number of phenolic OH excluding ortho intramolecular Hbond substituents is 1. The Balaban J connectivity index is 2.08. The highest BCUT2D eigenvalue weighted by molar-refractivity contribution is 5.80. The molecule has 0 aliphatic rings. The van der Waals surface area contributed by atoms with Crippen LogP contribution in [0, 0.1) is 5.82 Å². The van der Waals surface area contributed by atoms with Crippen molar-refractivity contribution in [2.75, 3.05) is 0 Å². The number of hydrogen-bond donors (Lipinski definition) is 3. The van der Waals surface area contributed by atoms with Crippen LogP contribution in [0.2, 0.25) is 0 Å². The quantitative estimate of drug-likeness (QED) is 0.660. The van der Waals surface area contributed by atoms with Crippen LogP contribution in [0.1, 0.15) is 17.3 Å². The van der Waals surface area contributed by atoms with Crippen LogP contribution in [0.25, 0.3) is 10.9 Å². The van der Waals surface area contributed by atoms with Crippen molar-refractivity contribution >= 4 is 10.9 Å². The topological polar surface area (TPSA) is 62.0 Å². The van der Waals surface area contributed by atoms with Crippen molar-refractivity contribution in [2.45, 2.75) is 6.04 Å². The number of aromatic amines is 1. The number of nitrogens with two attached hydrogens (primary N) is 1. The van der Waals surface area contributed by atoms with Gasteiger partial charge in [-0.05, 0) is 23.6 Å². The Kier molecular flexibility index (Phi) is 2.72. The third-order valence-electron chi connectivity index (χ3n) is 3.24. The largest absolute Gasteiger partial charge is 0.505 e. The average molecular weight is 256 g/mol. The van der Waals surface area contributed by atoms with E-state index in [-0.39, 0.29) is 0 Å². The van der Waals surface area contributed by atoms with Gasteiger partial charge in [0, 0.05) is 16.8 Å². The normalized spacial score (nSPS) is 12.7. The van der Waals surface area contributed by atoms with Crippen LogP contribution in [-0.4, -0.2) is 10.1 Å². The standard InChI is InChI=1S/C15H13FN2O/c16-11-6-3-5-10(15(11)19)14(17)13-8-9-4-1-2-7-12(9)18-13/h1-8,14,18-19H,17H2. The molecule has 4 heteroatoms. The summed E-state index contributed by atoms with van der Waals surface area (Å²) in [5.74, 6) is -1.06. The van der Waals surface area contributed by atoms with Gasteiger partial charge in [-0.3, -0.25) is 0 Å². The number of benzene rings is 2. The molecule has 3 nitrogen and oxygen atoms in total. The number of hydrogen-bond acceptors (Lipinski definition) is 2. The SMILES string of the molecule is NC(c1cc2ccccc2[nH]1)c1cccc(F)c1O. The number of rotatable bonds is 2. The molecule has 0 amide bonds. The van der Waals surface area contributed by atoms with Gasteiger partial charge in [0.05, 0.1) is 6.04 Å². The molecule has 4 N–H and O–H groups in total. The molecule has 0 fully saturated rings. The molecule has 0 bridgehead atoms. The number of H-pyrrole nitrogens is 1. The smallest absolute Gasteiger partial charge is 0.165 e. The van der Waals surface area contributed by atoms with Crippen LogP contribution >= 0.6 is 0 Å². The summed E-state index contributed by atoms with van der Waals surface area (Å²) in [6.45, 7) is 0. The van der Waals surface area contributed by atoms with Crippen LogP contribution in [0.4, 0.5) is 4.39 Å². The molecule has 0 saturated heterocycles. The number of aromatic hydroxyl groups is 1. The molecule has 0 aliphatic heterocycles. The van der Waals surface area contributed by atoms with Crippen LogP contribution in [0.15, 0.2) is 48.5 Å². The first-order chi connectivity index (χ1) is 9.16. The molecule has 1 aromatic heterocycles. The van der Waals surface area contributed by atoms with E-state index in [1.807, 2.05) is 30.3 Å². The molecule has 96 valence electrons. The van der Waals surface area contributed by atoms with Gasteiger partial charge in [-0.15, -0.1) is 0 Å². The van der Waals surface area contributed by atoms with Gasteiger partial charge in [0.15, 0.2) is 11.6 Å². The van der Waals surface area contributed by atoms with E-state index in [0.29, 0.717) is 5.56 Å². The summed E-state index contributed by atoms with van der Waals surface area (Å²) >= 11 is 0. The van der Waals surface area contributed by atoms with Crippen LogP contribution < -0.4 is 5.73 Å². The van der Waals surface area contributed by atoms with E-state index in [9.17, 15) is 9.50 Å². The van der Waals surface area contributed by atoms with Crippen molar-refractivity contribution < 1.29 is 9.50 Å². The number of halogens is 1. The van der Waals surface area contributed by atoms with E-state index >= 15 is 0 Å². The van der Waals surface area contributed by atoms with Crippen LogP contribution in [0.5, 0.6) is 5.75 Å². The molecule has 1 heterocycles. The maximum Gasteiger partial charge on any atom is 0.165 e. The molecule has 2 aromatic carbocycles. The maximum atomic E-state index is 13.3. The van der Waals surface area contributed by atoms with Gasteiger partial charge in [-0.2, -0.15) is 0 Å². The number of nitrogens with one attached hydrogen (secondary N) is 1. The molecule has 0 spiro atoms. The van der Waals surface area contributed by atoms with Gasteiger partial charge in [-0.25, -0.2) is 4.39 Å². The molecule has 3 rings (SSSR count). The first-order valence-electron chi connectivity index (χ1n) is 5.97. The van der Waals surface area contributed by atoms with Crippen molar-refractivity contribution in [3.63, 3.8) is 0 Å². The fourth-order valence-electron chi connectivity index (χ4n) is 2.21. The fourth-order valence-corrected chi connectivity index (χ4v) is 2.21. The van der Waals surface area contributed by atoms with Gasteiger partial charge in [-0.1, -0.05) is 30.3 Å². The minimum absolute atomic E-state index is 0.367. The van der Waals surface area contributed by atoms with Crippen molar-refractivity contribution in [1.29, 1.82) is 0 Å². The second-order valence-electron chi connectivity index (χ2n) is 4.47. The lowest BCUT2D eigenvalue weighted by molar-refractivity contribution is 0.423. The zero-order valence-electron chi connectivity index (χ0n) is 10.1. The molecule has 0 saturated carbocycles. The average Bonchev–Trinajstić information content (AvgIpc) is 2.85. The van der Waals surface area contributed by atoms with Crippen LogP contribution in [-0.2, 0) is 0 Å². The van der Waals surface area contributed by atoms with Crippen molar-refractivity contribution in [1.82, 2.24) is 4.98 Å². The van der Waals surface area contributed by atoms with Crippen molar-refractivity contribution in [3.05, 3.63) is 65.6 Å². The molecule has 0 aliphatic carbocycles. The van der Waals surface area contributed by atoms with E-state index in [4.69, 9.17) is 5.73 Å². The second kappa shape index (κ2) is 4.40.